The van der Waals surface area contributed by atoms with E-state index in [0.717, 1.165) is 10.2 Å². The van der Waals surface area contributed by atoms with Crippen LogP contribution in [0.5, 0.6) is 5.75 Å². The second-order valence-corrected chi connectivity index (χ2v) is 5.37. The first kappa shape index (κ1) is 13.0. The average Bonchev–Trinajstić information content (AvgIpc) is 2.74. The van der Waals surface area contributed by atoms with Gasteiger partial charge in [-0.25, -0.2) is 4.98 Å². The van der Waals surface area contributed by atoms with Gasteiger partial charge in [0, 0.05) is 9.85 Å². The summed E-state index contributed by atoms with van der Waals surface area (Å²) >= 11 is 4.73. The summed E-state index contributed by atoms with van der Waals surface area (Å²) in [4.78, 5) is 16.3. The van der Waals surface area contributed by atoms with Crippen LogP contribution in [0.3, 0.4) is 0 Å². The Bertz CT molecular complexity index is 583. The van der Waals surface area contributed by atoms with E-state index in [1.165, 1.54) is 18.4 Å². The minimum atomic E-state index is -0.234. The number of thiazole rings is 1. The number of carbonyl (C=O) groups is 1. The third kappa shape index (κ3) is 2.88. The van der Waals surface area contributed by atoms with Gasteiger partial charge in [0.2, 0.25) is 0 Å². The number of halogens is 1. The highest BCUT2D eigenvalue weighted by molar-refractivity contribution is 9.10. The highest BCUT2D eigenvalue weighted by atomic mass is 79.9. The molecule has 0 atom stereocenters. The van der Waals surface area contributed by atoms with E-state index in [9.17, 15) is 4.79 Å². The monoisotopic (exact) mass is 326 g/mol. The maximum absolute atomic E-state index is 12.1. The van der Waals surface area contributed by atoms with E-state index < -0.39 is 0 Å². The molecule has 94 valence electrons. The van der Waals surface area contributed by atoms with E-state index in [4.69, 9.17) is 4.74 Å². The molecule has 1 amide bonds. The summed E-state index contributed by atoms with van der Waals surface area (Å²) in [5.74, 6) is 0.298. The van der Waals surface area contributed by atoms with Crippen molar-refractivity contribution in [1.82, 2.24) is 4.98 Å². The van der Waals surface area contributed by atoms with Gasteiger partial charge in [-0.2, -0.15) is 0 Å². The summed E-state index contributed by atoms with van der Waals surface area (Å²) in [6.07, 6.45) is 0. The molecular formula is C12H11BrN2O2S. The highest BCUT2D eigenvalue weighted by Gasteiger charge is 2.14. The molecule has 0 aliphatic carbocycles. The lowest BCUT2D eigenvalue weighted by molar-refractivity contribution is 0.102. The normalized spacial score (nSPS) is 10.2. The first-order valence-corrected chi connectivity index (χ1v) is 6.84. The number of aryl methyl sites for hydroxylation is 1. The molecule has 6 heteroatoms. The van der Waals surface area contributed by atoms with Crippen LogP contribution < -0.4 is 10.1 Å². The zero-order valence-electron chi connectivity index (χ0n) is 9.86. The van der Waals surface area contributed by atoms with Gasteiger partial charge in [0.25, 0.3) is 5.91 Å². The van der Waals surface area contributed by atoms with E-state index in [-0.39, 0.29) is 5.91 Å². The first-order valence-electron chi connectivity index (χ1n) is 5.17. The van der Waals surface area contributed by atoms with Crippen molar-refractivity contribution in [3.63, 3.8) is 0 Å². The number of methoxy groups -OCH3 is 1. The summed E-state index contributed by atoms with van der Waals surface area (Å²) in [6, 6.07) is 5.28. The zero-order chi connectivity index (χ0) is 13.1. The lowest BCUT2D eigenvalue weighted by atomic mass is 10.2. The van der Waals surface area contributed by atoms with Crippen molar-refractivity contribution in [1.29, 1.82) is 0 Å². The number of amides is 1. The predicted octanol–water partition coefficient (Wildman–Crippen LogP) is 3.47. The molecule has 0 fully saturated rings. The number of nitrogens with zero attached hydrogens (tertiary/aromatic N) is 1. The van der Waals surface area contributed by atoms with Crippen molar-refractivity contribution in [2.75, 3.05) is 12.4 Å². The molecule has 0 unspecified atom stereocenters. The van der Waals surface area contributed by atoms with Gasteiger partial charge in [-0.05, 0) is 25.1 Å². The Morgan fingerprint density at radius 1 is 1.50 bits per heavy atom. The SMILES string of the molecule is COc1ccc(Br)cc1C(=O)Nc1nc(C)cs1. The molecule has 0 radical (unpaired) electrons. The Labute approximate surface area is 117 Å². The Morgan fingerprint density at radius 2 is 2.28 bits per heavy atom. The van der Waals surface area contributed by atoms with Crippen LogP contribution in [0.25, 0.3) is 0 Å². The van der Waals surface area contributed by atoms with E-state index in [0.29, 0.717) is 16.4 Å². The molecule has 0 bridgehead atoms. The maximum atomic E-state index is 12.1. The molecule has 18 heavy (non-hydrogen) atoms. The van der Waals surface area contributed by atoms with Gasteiger partial charge in [0.05, 0.1) is 18.4 Å². The van der Waals surface area contributed by atoms with Gasteiger partial charge >= 0.3 is 0 Å². The number of anilines is 1. The highest BCUT2D eigenvalue weighted by Crippen LogP contribution is 2.24. The fourth-order valence-electron chi connectivity index (χ4n) is 1.43. The van der Waals surface area contributed by atoms with Gasteiger partial charge in [-0.3, -0.25) is 10.1 Å². The van der Waals surface area contributed by atoms with Crippen LogP contribution in [0.2, 0.25) is 0 Å². The number of hydrogen-bond acceptors (Lipinski definition) is 4. The third-order valence-electron chi connectivity index (χ3n) is 2.25. The van der Waals surface area contributed by atoms with Crippen molar-refractivity contribution in [2.24, 2.45) is 0 Å². The average molecular weight is 327 g/mol. The molecule has 1 heterocycles. The quantitative estimate of drug-likeness (QED) is 0.939. The van der Waals surface area contributed by atoms with Crippen molar-refractivity contribution in [2.45, 2.75) is 6.92 Å². The van der Waals surface area contributed by atoms with Crippen molar-refractivity contribution < 1.29 is 9.53 Å². The smallest absolute Gasteiger partial charge is 0.261 e. The van der Waals surface area contributed by atoms with Crippen LogP contribution >= 0.6 is 27.3 Å². The molecule has 0 aliphatic rings. The van der Waals surface area contributed by atoms with Gasteiger partial charge in [0.15, 0.2) is 5.13 Å². The fourth-order valence-corrected chi connectivity index (χ4v) is 2.48. The fraction of sp³-hybridized carbons (Fsp3) is 0.167. The number of nitrogens with one attached hydrogen (secondary N) is 1. The van der Waals surface area contributed by atoms with Crippen LogP contribution in [0.1, 0.15) is 16.1 Å². The molecule has 1 N–H and O–H groups in total. The van der Waals surface area contributed by atoms with Gasteiger partial charge < -0.3 is 4.74 Å². The molecule has 1 aromatic carbocycles. The molecule has 2 rings (SSSR count). The lowest BCUT2D eigenvalue weighted by Gasteiger charge is -2.08. The van der Waals surface area contributed by atoms with Crippen LogP contribution in [0, 0.1) is 6.92 Å². The van der Waals surface area contributed by atoms with Crippen molar-refractivity contribution in [3.05, 3.63) is 39.3 Å². The zero-order valence-corrected chi connectivity index (χ0v) is 12.3. The van der Waals surface area contributed by atoms with E-state index >= 15 is 0 Å². The van der Waals surface area contributed by atoms with Crippen LogP contribution in [0.4, 0.5) is 5.13 Å². The number of ether oxygens (including phenoxy) is 1. The summed E-state index contributed by atoms with van der Waals surface area (Å²) in [7, 11) is 1.54. The summed E-state index contributed by atoms with van der Waals surface area (Å²) in [5, 5.41) is 5.21. The molecule has 0 saturated carbocycles. The molecule has 0 aliphatic heterocycles. The molecular weight excluding hydrogens is 316 g/mol. The lowest BCUT2D eigenvalue weighted by Crippen LogP contribution is -2.13. The Morgan fingerprint density at radius 3 is 2.89 bits per heavy atom. The Balaban J connectivity index is 2.25. The van der Waals surface area contributed by atoms with Crippen LogP contribution in [-0.4, -0.2) is 18.0 Å². The van der Waals surface area contributed by atoms with Crippen LogP contribution in [0.15, 0.2) is 28.1 Å². The van der Waals surface area contributed by atoms with Gasteiger partial charge in [0.1, 0.15) is 5.75 Å². The third-order valence-corrected chi connectivity index (χ3v) is 3.61. The first-order chi connectivity index (χ1) is 8.60. The topological polar surface area (TPSA) is 51.2 Å². The van der Waals surface area contributed by atoms with E-state index in [1.807, 2.05) is 18.4 Å². The molecule has 0 spiro atoms. The predicted molar refractivity (Wildman–Crippen MR) is 75.5 cm³/mol. The Kier molecular flexibility index (Phi) is 3.98. The van der Waals surface area contributed by atoms with Gasteiger partial charge in [-0.15, -0.1) is 11.3 Å². The van der Waals surface area contributed by atoms with Gasteiger partial charge in [-0.1, -0.05) is 15.9 Å². The minimum Gasteiger partial charge on any atom is -0.496 e. The molecule has 1 aromatic heterocycles. The summed E-state index contributed by atoms with van der Waals surface area (Å²) in [6.45, 7) is 1.88. The largest absolute Gasteiger partial charge is 0.496 e. The van der Waals surface area contributed by atoms with E-state index in [2.05, 4.69) is 26.2 Å². The number of aromatic nitrogens is 1. The number of carbonyl (C=O) groups excluding carboxylic acids is 1. The second-order valence-electron chi connectivity index (χ2n) is 3.59. The molecule has 4 nitrogen and oxygen atoms in total. The molecule has 0 saturated heterocycles. The summed E-state index contributed by atoms with van der Waals surface area (Å²) in [5.41, 5.74) is 1.36. The second kappa shape index (κ2) is 5.49. The molecule has 2 aromatic rings. The van der Waals surface area contributed by atoms with Crippen molar-refractivity contribution >= 4 is 38.3 Å². The van der Waals surface area contributed by atoms with E-state index in [1.54, 1.807) is 12.1 Å². The number of benzene rings is 1. The summed E-state index contributed by atoms with van der Waals surface area (Å²) < 4.78 is 5.99. The number of hydrogen-bond donors (Lipinski definition) is 1. The van der Waals surface area contributed by atoms with Crippen LogP contribution in [-0.2, 0) is 0 Å². The maximum Gasteiger partial charge on any atom is 0.261 e. The van der Waals surface area contributed by atoms with Crippen molar-refractivity contribution in [3.8, 4) is 5.75 Å². The Hall–Kier alpha value is -1.40. The number of rotatable bonds is 3. The minimum absolute atomic E-state index is 0.234. The standard InChI is InChI=1S/C12H11BrN2O2S/c1-7-6-18-12(14-7)15-11(16)9-5-8(13)3-4-10(9)17-2/h3-6H,1-2H3,(H,14,15,16).